The minimum atomic E-state index is -0.949. The van der Waals surface area contributed by atoms with E-state index in [1.165, 1.54) is 17.9 Å². The molecule has 1 amide bonds. The van der Waals surface area contributed by atoms with Crippen molar-refractivity contribution in [3.05, 3.63) is 75.7 Å². The lowest BCUT2D eigenvalue weighted by molar-refractivity contribution is 0.0942. The van der Waals surface area contributed by atoms with Gasteiger partial charge in [-0.05, 0) is 18.2 Å². The Morgan fingerprint density at radius 1 is 1.11 bits per heavy atom. The number of hydrogen-bond donors (Lipinski definition) is 1. The van der Waals surface area contributed by atoms with E-state index < -0.39 is 23.1 Å². The van der Waals surface area contributed by atoms with Crippen molar-refractivity contribution < 1.29 is 18.3 Å². The molecule has 8 heteroatoms. The SMILES string of the molecule is COCCn1nc(CNC(=O)c2c(F)cccc2F)c2ccccc2c1=O. The number of hydrogen-bond acceptors (Lipinski definition) is 4. The fourth-order valence-electron chi connectivity index (χ4n) is 2.73. The second-order valence-corrected chi connectivity index (χ2v) is 5.79. The first-order chi connectivity index (χ1) is 13.0. The van der Waals surface area contributed by atoms with E-state index in [9.17, 15) is 18.4 Å². The molecule has 0 radical (unpaired) electrons. The van der Waals surface area contributed by atoms with Crippen molar-refractivity contribution in [2.75, 3.05) is 13.7 Å². The average molecular weight is 373 g/mol. The van der Waals surface area contributed by atoms with Crippen molar-refractivity contribution in [3.8, 4) is 0 Å². The molecule has 0 saturated carbocycles. The zero-order chi connectivity index (χ0) is 19.4. The fraction of sp³-hybridized carbons (Fsp3) is 0.211. The lowest BCUT2D eigenvalue weighted by atomic mass is 10.1. The fourth-order valence-corrected chi connectivity index (χ4v) is 2.73. The number of benzene rings is 2. The maximum absolute atomic E-state index is 13.8. The van der Waals surface area contributed by atoms with Crippen molar-refractivity contribution in [1.82, 2.24) is 15.1 Å². The molecule has 1 N–H and O–H groups in total. The van der Waals surface area contributed by atoms with Gasteiger partial charge in [0.2, 0.25) is 0 Å². The summed E-state index contributed by atoms with van der Waals surface area (Å²) in [5.41, 5.74) is -0.529. The van der Waals surface area contributed by atoms with Crippen LogP contribution in [-0.2, 0) is 17.8 Å². The summed E-state index contributed by atoms with van der Waals surface area (Å²) in [6.45, 7) is 0.431. The molecule has 3 rings (SSSR count). The number of fused-ring (bicyclic) bond motifs is 1. The highest BCUT2D eigenvalue weighted by molar-refractivity contribution is 5.95. The summed E-state index contributed by atoms with van der Waals surface area (Å²) >= 11 is 0. The number of amides is 1. The van der Waals surface area contributed by atoms with Gasteiger partial charge in [0.05, 0.1) is 30.8 Å². The number of ether oxygens (including phenoxy) is 1. The van der Waals surface area contributed by atoms with Crippen molar-refractivity contribution in [2.24, 2.45) is 0 Å². The van der Waals surface area contributed by atoms with Crippen LogP contribution in [0.1, 0.15) is 16.1 Å². The van der Waals surface area contributed by atoms with Gasteiger partial charge in [-0.15, -0.1) is 0 Å². The van der Waals surface area contributed by atoms with E-state index in [4.69, 9.17) is 4.74 Å². The third kappa shape index (κ3) is 3.85. The van der Waals surface area contributed by atoms with E-state index >= 15 is 0 Å². The van der Waals surface area contributed by atoms with Crippen molar-refractivity contribution >= 4 is 16.7 Å². The van der Waals surface area contributed by atoms with Crippen molar-refractivity contribution in [2.45, 2.75) is 13.1 Å². The summed E-state index contributed by atoms with van der Waals surface area (Å²) in [5.74, 6) is -2.79. The predicted molar refractivity (Wildman–Crippen MR) is 95.4 cm³/mol. The van der Waals surface area contributed by atoms with E-state index in [1.54, 1.807) is 24.3 Å². The summed E-state index contributed by atoms with van der Waals surface area (Å²) in [6, 6.07) is 10.0. The average Bonchev–Trinajstić information content (AvgIpc) is 2.66. The first kappa shape index (κ1) is 18.7. The van der Waals surface area contributed by atoms with Crippen molar-refractivity contribution in [1.29, 1.82) is 0 Å². The Morgan fingerprint density at radius 2 is 1.78 bits per heavy atom. The third-order valence-electron chi connectivity index (χ3n) is 4.06. The molecule has 140 valence electrons. The topological polar surface area (TPSA) is 73.2 Å². The van der Waals surface area contributed by atoms with E-state index in [2.05, 4.69) is 10.4 Å². The molecule has 0 aliphatic rings. The molecule has 1 heterocycles. The van der Waals surface area contributed by atoms with Crippen LogP contribution in [0.3, 0.4) is 0 Å². The smallest absolute Gasteiger partial charge is 0.274 e. The van der Waals surface area contributed by atoms with Gasteiger partial charge < -0.3 is 10.1 Å². The summed E-state index contributed by atoms with van der Waals surface area (Å²) in [4.78, 5) is 24.7. The van der Waals surface area contributed by atoms with Gasteiger partial charge in [0.15, 0.2) is 0 Å². The van der Waals surface area contributed by atoms with Crippen LogP contribution in [0.25, 0.3) is 10.8 Å². The lowest BCUT2D eigenvalue weighted by Crippen LogP contribution is -2.30. The Bertz CT molecular complexity index is 1030. The van der Waals surface area contributed by atoms with Crippen LogP contribution >= 0.6 is 0 Å². The standard InChI is InChI=1S/C19H17F2N3O3/c1-27-10-9-24-19(26)13-6-3-2-5-12(13)16(23-24)11-22-18(25)17-14(20)7-4-8-15(17)21/h2-8H,9-11H2,1H3,(H,22,25). The molecular weight excluding hydrogens is 356 g/mol. The van der Waals surface area contributed by atoms with Gasteiger partial charge >= 0.3 is 0 Å². The molecule has 2 aromatic carbocycles. The third-order valence-corrected chi connectivity index (χ3v) is 4.06. The summed E-state index contributed by atoms with van der Waals surface area (Å²) in [7, 11) is 1.51. The first-order valence-electron chi connectivity index (χ1n) is 8.23. The number of nitrogens with zero attached hydrogens (tertiary/aromatic N) is 2. The Morgan fingerprint density at radius 3 is 2.44 bits per heavy atom. The number of carbonyl (C=O) groups excluding carboxylic acids is 1. The highest BCUT2D eigenvalue weighted by atomic mass is 19.1. The first-order valence-corrected chi connectivity index (χ1v) is 8.23. The van der Waals surface area contributed by atoms with Gasteiger partial charge in [0.1, 0.15) is 17.2 Å². The number of rotatable bonds is 6. The Kier molecular flexibility index (Phi) is 5.56. The van der Waals surface area contributed by atoms with Crippen LogP contribution in [0.2, 0.25) is 0 Å². The lowest BCUT2D eigenvalue weighted by Gasteiger charge is -2.12. The van der Waals surface area contributed by atoms with Gasteiger partial charge in [-0.2, -0.15) is 5.10 Å². The van der Waals surface area contributed by atoms with Gasteiger partial charge in [-0.1, -0.05) is 24.3 Å². The zero-order valence-electron chi connectivity index (χ0n) is 14.5. The maximum atomic E-state index is 13.8. The van der Waals surface area contributed by atoms with Gasteiger partial charge in [0.25, 0.3) is 11.5 Å². The normalized spacial score (nSPS) is 10.9. The number of halogens is 2. The molecule has 0 saturated heterocycles. The molecule has 0 fully saturated rings. The molecule has 0 aliphatic heterocycles. The molecule has 0 bridgehead atoms. The van der Waals surface area contributed by atoms with Crippen LogP contribution in [-0.4, -0.2) is 29.4 Å². The van der Waals surface area contributed by atoms with Crippen molar-refractivity contribution in [3.63, 3.8) is 0 Å². The highest BCUT2D eigenvalue weighted by Crippen LogP contribution is 2.15. The van der Waals surface area contributed by atoms with E-state index in [1.807, 2.05) is 0 Å². The minimum Gasteiger partial charge on any atom is -0.383 e. The quantitative estimate of drug-likeness (QED) is 0.719. The number of nitrogens with one attached hydrogen (secondary N) is 1. The Balaban J connectivity index is 1.93. The van der Waals surface area contributed by atoms with E-state index in [0.717, 1.165) is 12.1 Å². The summed E-state index contributed by atoms with van der Waals surface area (Å²) in [6.07, 6.45) is 0. The molecule has 1 aromatic heterocycles. The maximum Gasteiger partial charge on any atom is 0.274 e. The molecule has 6 nitrogen and oxygen atoms in total. The Hall–Kier alpha value is -3.13. The molecule has 0 aliphatic carbocycles. The molecule has 27 heavy (non-hydrogen) atoms. The summed E-state index contributed by atoms with van der Waals surface area (Å²) in [5, 5.41) is 7.73. The number of methoxy groups -OCH3 is 1. The predicted octanol–water partition coefficient (Wildman–Crippen LogP) is 2.25. The van der Waals surface area contributed by atoms with Crippen LogP contribution in [0.4, 0.5) is 8.78 Å². The van der Waals surface area contributed by atoms with Gasteiger partial charge in [-0.3, -0.25) is 9.59 Å². The van der Waals surface area contributed by atoms with Crippen LogP contribution < -0.4 is 10.9 Å². The second-order valence-electron chi connectivity index (χ2n) is 5.79. The van der Waals surface area contributed by atoms with Crippen LogP contribution in [0, 0.1) is 11.6 Å². The molecular formula is C19H17F2N3O3. The molecule has 0 atom stereocenters. The monoisotopic (exact) mass is 373 g/mol. The summed E-state index contributed by atoms with van der Waals surface area (Å²) < 4.78 is 33.7. The molecule has 0 spiro atoms. The molecule has 0 unspecified atom stereocenters. The Labute approximate surface area is 153 Å². The van der Waals surface area contributed by atoms with Gasteiger partial charge in [0, 0.05) is 12.5 Å². The minimum absolute atomic E-state index is 0.0968. The highest BCUT2D eigenvalue weighted by Gasteiger charge is 2.18. The number of carbonyl (C=O) groups is 1. The number of aromatic nitrogens is 2. The van der Waals surface area contributed by atoms with Crippen LogP contribution in [0.5, 0.6) is 0 Å². The molecule has 3 aromatic rings. The van der Waals surface area contributed by atoms with E-state index in [-0.39, 0.29) is 25.3 Å². The largest absolute Gasteiger partial charge is 0.383 e. The van der Waals surface area contributed by atoms with E-state index in [0.29, 0.717) is 16.5 Å². The van der Waals surface area contributed by atoms with Crippen LogP contribution in [0.15, 0.2) is 47.3 Å². The van der Waals surface area contributed by atoms with Gasteiger partial charge in [-0.25, -0.2) is 13.5 Å². The zero-order valence-corrected chi connectivity index (χ0v) is 14.5. The second kappa shape index (κ2) is 8.05.